The third-order valence-corrected chi connectivity index (χ3v) is 9.04. The van der Waals surface area contributed by atoms with Gasteiger partial charge in [0.15, 0.2) is 0 Å². The van der Waals surface area contributed by atoms with Gasteiger partial charge >= 0.3 is 0 Å². The molecule has 0 N–H and O–H groups in total. The molecule has 0 spiro atoms. The highest BCUT2D eigenvalue weighted by Gasteiger charge is 2.51. The van der Waals surface area contributed by atoms with Gasteiger partial charge in [0.25, 0.3) is 0 Å². The lowest BCUT2D eigenvalue weighted by Crippen LogP contribution is -2.28. The second kappa shape index (κ2) is 8.94. The number of fused-ring (bicyclic) bond motifs is 2. The van der Waals surface area contributed by atoms with E-state index in [0.29, 0.717) is 10.6 Å². The largest absolute Gasteiger partial charge is 0.135 e. The molecule has 0 aromatic carbocycles. The van der Waals surface area contributed by atoms with Crippen molar-refractivity contribution in [3.05, 3.63) is 17.9 Å². The molecule has 1 heteroatoms. The summed E-state index contributed by atoms with van der Waals surface area (Å²) in [6.07, 6.45) is 14.0. The van der Waals surface area contributed by atoms with Gasteiger partial charge in [-0.1, -0.05) is 104 Å². The van der Waals surface area contributed by atoms with Crippen molar-refractivity contribution in [1.29, 1.82) is 0 Å². The highest BCUT2D eigenvalue weighted by molar-refractivity contribution is 6.45. The van der Waals surface area contributed by atoms with E-state index in [1.54, 1.807) is 0 Å². The zero-order valence-electron chi connectivity index (χ0n) is 19.7. The summed E-state index contributed by atoms with van der Waals surface area (Å²) < 4.78 is 0. The minimum absolute atomic E-state index is 0.286. The van der Waals surface area contributed by atoms with Gasteiger partial charge in [0, 0.05) is 0 Å². The molecule has 0 nitrogen and oxygen atoms in total. The Morgan fingerprint density at radius 3 is 2.52 bits per heavy atom. The first-order valence-electron chi connectivity index (χ1n) is 11.9. The van der Waals surface area contributed by atoms with Crippen LogP contribution in [0.2, 0.25) is 10.6 Å². The molecule has 2 aliphatic rings. The Kier molecular flexibility index (Phi) is 7.57. The molecule has 154 valence electrons. The highest BCUT2D eigenvalue weighted by Crippen LogP contribution is 2.63. The maximum Gasteiger partial charge on any atom is 0.135 e. The van der Waals surface area contributed by atoms with Gasteiger partial charge in [-0.15, -0.1) is 5.73 Å². The van der Waals surface area contributed by atoms with E-state index in [0.717, 1.165) is 17.8 Å². The van der Waals surface area contributed by atoms with Gasteiger partial charge in [0.1, 0.15) is 7.28 Å². The molecule has 0 radical (unpaired) electrons. The SMILES string of the molecule is C=C=C(C)C(C)(CCC(C)C)CCC1CCCCCC2(C)BC1(C)CC2C. The van der Waals surface area contributed by atoms with Gasteiger partial charge in [-0.05, 0) is 54.9 Å². The van der Waals surface area contributed by atoms with E-state index in [-0.39, 0.29) is 5.41 Å². The number of hydrogen-bond donors (Lipinski definition) is 0. The second-order valence-corrected chi connectivity index (χ2v) is 11.7. The summed E-state index contributed by atoms with van der Waals surface area (Å²) in [5.41, 5.74) is 4.95. The van der Waals surface area contributed by atoms with Crippen LogP contribution in [0, 0.1) is 23.2 Å². The van der Waals surface area contributed by atoms with Crippen LogP contribution in [0.3, 0.4) is 0 Å². The summed E-state index contributed by atoms with van der Waals surface area (Å²) >= 11 is 0. The van der Waals surface area contributed by atoms with Crippen LogP contribution < -0.4 is 0 Å². The van der Waals surface area contributed by atoms with Crippen molar-refractivity contribution in [2.75, 3.05) is 0 Å². The summed E-state index contributed by atoms with van der Waals surface area (Å²) in [7, 11) is 1.46. The minimum atomic E-state index is 0.286. The van der Waals surface area contributed by atoms with Crippen LogP contribution in [0.25, 0.3) is 0 Å². The first-order chi connectivity index (χ1) is 12.5. The van der Waals surface area contributed by atoms with Crippen molar-refractivity contribution < 1.29 is 0 Å². The third-order valence-electron chi connectivity index (χ3n) is 9.04. The highest BCUT2D eigenvalue weighted by atomic mass is 14.5. The van der Waals surface area contributed by atoms with E-state index in [1.807, 2.05) is 0 Å². The number of rotatable bonds is 7. The minimum Gasteiger partial charge on any atom is -0.129 e. The Morgan fingerprint density at radius 1 is 1.19 bits per heavy atom. The summed E-state index contributed by atoms with van der Waals surface area (Å²) in [6.45, 7) is 21.3. The molecule has 0 aromatic heterocycles. The van der Waals surface area contributed by atoms with E-state index in [2.05, 4.69) is 60.8 Å². The van der Waals surface area contributed by atoms with Gasteiger partial charge in [-0.3, -0.25) is 0 Å². The van der Waals surface area contributed by atoms with Crippen LogP contribution in [0.15, 0.2) is 17.9 Å². The summed E-state index contributed by atoms with van der Waals surface area (Å²) in [4.78, 5) is 0. The maximum atomic E-state index is 4.00. The van der Waals surface area contributed by atoms with Crippen LogP contribution in [0.1, 0.15) is 113 Å². The first kappa shape index (κ1) is 22.9. The Morgan fingerprint density at radius 2 is 1.89 bits per heavy atom. The number of allylic oxidation sites excluding steroid dienone is 1. The molecular weight excluding hydrogens is 323 g/mol. The maximum absolute atomic E-state index is 4.00. The van der Waals surface area contributed by atoms with Gasteiger partial charge in [-0.2, -0.15) is 0 Å². The fourth-order valence-electron chi connectivity index (χ4n) is 6.51. The van der Waals surface area contributed by atoms with Crippen LogP contribution >= 0.6 is 0 Å². The van der Waals surface area contributed by atoms with Crippen molar-refractivity contribution in [2.24, 2.45) is 23.2 Å². The molecule has 0 saturated carbocycles. The molecule has 2 fully saturated rings. The van der Waals surface area contributed by atoms with Crippen molar-refractivity contribution in [3.8, 4) is 0 Å². The van der Waals surface area contributed by atoms with Crippen molar-refractivity contribution in [3.63, 3.8) is 0 Å². The monoisotopic (exact) mass is 370 g/mol. The van der Waals surface area contributed by atoms with Crippen LogP contribution in [-0.2, 0) is 0 Å². The fraction of sp³-hybridized carbons (Fsp3) is 0.885. The predicted molar refractivity (Wildman–Crippen MR) is 124 cm³/mol. The topological polar surface area (TPSA) is 0 Å². The molecule has 5 unspecified atom stereocenters. The van der Waals surface area contributed by atoms with Gasteiger partial charge in [-0.25, -0.2) is 0 Å². The van der Waals surface area contributed by atoms with E-state index in [4.69, 9.17) is 0 Å². The Hall–Kier alpha value is -0.415. The van der Waals surface area contributed by atoms with Crippen LogP contribution in [-0.4, -0.2) is 7.28 Å². The lowest BCUT2D eigenvalue weighted by Gasteiger charge is -2.39. The van der Waals surface area contributed by atoms with E-state index >= 15 is 0 Å². The van der Waals surface area contributed by atoms with Crippen molar-refractivity contribution >= 4 is 7.28 Å². The molecule has 0 aliphatic carbocycles. The van der Waals surface area contributed by atoms with Gasteiger partial charge in [0.05, 0.1) is 0 Å². The van der Waals surface area contributed by atoms with E-state index < -0.39 is 0 Å². The second-order valence-electron chi connectivity index (χ2n) is 11.7. The Labute approximate surface area is 171 Å². The lowest BCUT2D eigenvalue weighted by atomic mass is 9.40. The van der Waals surface area contributed by atoms with Crippen molar-refractivity contribution in [2.45, 2.75) is 123 Å². The van der Waals surface area contributed by atoms with Gasteiger partial charge in [0.2, 0.25) is 0 Å². The quantitative estimate of drug-likeness (QED) is 0.312. The van der Waals surface area contributed by atoms with Gasteiger partial charge < -0.3 is 0 Å². The average molecular weight is 370 g/mol. The van der Waals surface area contributed by atoms with Crippen LogP contribution in [0.5, 0.6) is 0 Å². The molecule has 2 saturated heterocycles. The van der Waals surface area contributed by atoms with Crippen molar-refractivity contribution in [1.82, 2.24) is 0 Å². The molecule has 5 atom stereocenters. The average Bonchev–Trinajstić information content (AvgIpc) is 2.86. The molecule has 2 bridgehead atoms. The number of hydrogen-bond acceptors (Lipinski definition) is 0. The summed E-state index contributed by atoms with van der Waals surface area (Å²) in [6, 6.07) is 0. The smallest absolute Gasteiger partial charge is 0.129 e. The summed E-state index contributed by atoms with van der Waals surface area (Å²) in [5.74, 6) is 2.57. The molecule has 27 heavy (non-hydrogen) atoms. The third kappa shape index (κ3) is 5.35. The molecule has 0 aromatic rings. The molecule has 2 rings (SSSR count). The Bertz CT molecular complexity index is 542. The first-order valence-corrected chi connectivity index (χ1v) is 11.9. The molecule has 2 heterocycles. The lowest BCUT2D eigenvalue weighted by molar-refractivity contribution is 0.224. The van der Waals surface area contributed by atoms with E-state index in [1.165, 1.54) is 77.1 Å². The molecular formula is C26H47B. The normalized spacial score (nSPS) is 36.1. The zero-order chi connectivity index (χ0) is 20.3. The predicted octanol–water partition coefficient (Wildman–Crippen LogP) is 8.35. The molecule has 0 amide bonds. The van der Waals surface area contributed by atoms with E-state index in [9.17, 15) is 0 Å². The van der Waals surface area contributed by atoms with Crippen LogP contribution in [0.4, 0.5) is 0 Å². The fourth-order valence-corrected chi connectivity index (χ4v) is 6.51. The zero-order valence-corrected chi connectivity index (χ0v) is 19.7. The Balaban J connectivity index is 2.16. The molecule has 2 aliphatic heterocycles. The standard InChI is InChI=1S/C26H47B/c1-9-21(4)24(6,17-14-20(2)3)18-15-23-13-11-10-12-16-25(7)22(5)19-26(23,8)27-25/h20,22-23,27H,1,10-19H2,2-8H3. The summed E-state index contributed by atoms with van der Waals surface area (Å²) in [5, 5.41) is 1.15.